The molecule has 0 saturated heterocycles. The molecule has 0 unspecified atom stereocenters. The normalized spacial score (nSPS) is 10.5. The molecular weight excluding hydrogens is 446 g/mol. The Hall–Kier alpha value is -4.10. The molecule has 0 aliphatic heterocycles. The molecule has 1 heterocycles. The van der Waals surface area contributed by atoms with Gasteiger partial charge in [0.25, 0.3) is 5.91 Å². The molecule has 1 aromatic heterocycles. The monoisotopic (exact) mass is 469 g/mol. The summed E-state index contributed by atoms with van der Waals surface area (Å²) >= 11 is 5.64. The van der Waals surface area contributed by atoms with E-state index in [1.54, 1.807) is 54.5 Å². The third kappa shape index (κ3) is 5.44. The number of pyridine rings is 1. The summed E-state index contributed by atoms with van der Waals surface area (Å²) in [6.45, 7) is 2.46. The third-order valence-electron chi connectivity index (χ3n) is 5.23. The second kappa shape index (κ2) is 10.7. The Morgan fingerprint density at radius 1 is 0.941 bits per heavy atom. The number of ether oxygens (including phenoxy) is 1. The summed E-state index contributed by atoms with van der Waals surface area (Å²) < 4.78 is 5.06. The van der Waals surface area contributed by atoms with Gasteiger partial charge in [-0.25, -0.2) is 4.79 Å². The maximum atomic E-state index is 13.0. The zero-order chi connectivity index (χ0) is 23.9. The van der Waals surface area contributed by atoms with Gasteiger partial charge in [-0.1, -0.05) is 36.4 Å². The van der Waals surface area contributed by atoms with Crippen LogP contribution < -0.4 is 10.2 Å². The second-order valence-corrected chi connectivity index (χ2v) is 7.92. The van der Waals surface area contributed by atoms with E-state index in [1.165, 1.54) is 0 Å². The van der Waals surface area contributed by atoms with Crippen LogP contribution >= 0.6 is 12.2 Å². The minimum Gasteiger partial charge on any atom is -0.462 e. The zero-order valence-corrected chi connectivity index (χ0v) is 19.4. The SMILES string of the molecule is CCOC(=O)c1ccc(N(Cc2cccnc2)C(=S)NC(=O)c2ccc3ccccc3c2)cc1. The molecule has 34 heavy (non-hydrogen) atoms. The maximum absolute atomic E-state index is 13.0. The van der Waals surface area contributed by atoms with Gasteiger partial charge in [-0.3, -0.25) is 15.1 Å². The Bertz CT molecular complexity index is 1320. The van der Waals surface area contributed by atoms with E-state index in [4.69, 9.17) is 17.0 Å². The fourth-order valence-electron chi connectivity index (χ4n) is 3.51. The van der Waals surface area contributed by atoms with Crippen molar-refractivity contribution in [3.8, 4) is 0 Å². The Kier molecular flexibility index (Phi) is 7.25. The molecule has 4 rings (SSSR count). The lowest BCUT2D eigenvalue weighted by Crippen LogP contribution is -2.42. The molecule has 0 fully saturated rings. The summed E-state index contributed by atoms with van der Waals surface area (Å²) in [5, 5.41) is 5.12. The van der Waals surface area contributed by atoms with E-state index in [0.29, 0.717) is 24.3 Å². The second-order valence-electron chi connectivity index (χ2n) is 7.54. The molecule has 3 aromatic carbocycles. The van der Waals surface area contributed by atoms with Gasteiger partial charge in [0.2, 0.25) is 0 Å². The minimum atomic E-state index is -0.389. The van der Waals surface area contributed by atoms with Crippen molar-refractivity contribution in [2.24, 2.45) is 0 Å². The summed E-state index contributed by atoms with van der Waals surface area (Å²) in [7, 11) is 0. The first-order valence-electron chi connectivity index (χ1n) is 10.8. The van der Waals surface area contributed by atoms with Gasteiger partial charge in [0, 0.05) is 23.6 Å². The lowest BCUT2D eigenvalue weighted by Gasteiger charge is -2.26. The molecule has 1 amide bonds. The van der Waals surface area contributed by atoms with E-state index in [0.717, 1.165) is 22.0 Å². The predicted molar refractivity (Wildman–Crippen MR) is 137 cm³/mol. The summed E-state index contributed by atoms with van der Waals surface area (Å²) in [6.07, 6.45) is 3.44. The largest absolute Gasteiger partial charge is 0.462 e. The smallest absolute Gasteiger partial charge is 0.338 e. The number of benzene rings is 3. The number of carbonyl (C=O) groups excluding carboxylic acids is 2. The summed E-state index contributed by atoms with van der Waals surface area (Å²) in [5.74, 6) is -0.685. The summed E-state index contributed by atoms with van der Waals surface area (Å²) in [6, 6.07) is 24.1. The Morgan fingerprint density at radius 3 is 2.38 bits per heavy atom. The molecule has 0 radical (unpaired) electrons. The third-order valence-corrected chi connectivity index (χ3v) is 5.55. The highest BCUT2D eigenvalue weighted by Gasteiger charge is 2.18. The van der Waals surface area contributed by atoms with Crippen LogP contribution in [0.5, 0.6) is 0 Å². The number of thiocarbonyl (C=S) groups is 1. The standard InChI is InChI=1S/C27H23N3O3S/c1-2-33-26(32)21-11-13-24(14-12-21)30(18-19-6-5-15-28-17-19)27(34)29-25(31)23-10-9-20-7-3-4-8-22(20)16-23/h3-17H,2,18H2,1H3,(H,29,31,34). The van der Waals surface area contributed by atoms with Crippen LogP contribution in [0.25, 0.3) is 10.8 Å². The number of anilines is 1. The number of rotatable bonds is 6. The molecule has 170 valence electrons. The number of aromatic nitrogens is 1. The summed E-state index contributed by atoms with van der Waals surface area (Å²) in [5.41, 5.74) is 2.60. The van der Waals surface area contributed by atoms with Crippen LogP contribution in [0.4, 0.5) is 5.69 Å². The van der Waals surface area contributed by atoms with Gasteiger partial charge >= 0.3 is 5.97 Å². The van der Waals surface area contributed by atoms with Gasteiger partial charge in [0.05, 0.1) is 18.7 Å². The zero-order valence-electron chi connectivity index (χ0n) is 18.6. The molecule has 1 N–H and O–H groups in total. The van der Waals surface area contributed by atoms with Gasteiger partial charge in [-0.15, -0.1) is 0 Å². The van der Waals surface area contributed by atoms with E-state index in [-0.39, 0.29) is 17.0 Å². The van der Waals surface area contributed by atoms with Gasteiger partial charge < -0.3 is 9.64 Å². The first-order chi connectivity index (χ1) is 16.5. The van der Waals surface area contributed by atoms with Gasteiger partial charge in [-0.05, 0) is 77.9 Å². The molecule has 4 aromatic rings. The van der Waals surface area contributed by atoms with Crippen molar-refractivity contribution in [2.75, 3.05) is 11.5 Å². The number of hydrogen-bond acceptors (Lipinski definition) is 5. The van der Waals surface area contributed by atoms with Crippen molar-refractivity contribution in [1.29, 1.82) is 0 Å². The molecule has 7 heteroatoms. The van der Waals surface area contributed by atoms with Crippen molar-refractivity contribution in [1.82, 2.24) is 10.3 Å². The lowest BCUT2D eigenvalue weighted by molar-refractivity contribution is 0.0526. The van der Waals surface area contributed by atoms with Crippen molar-refractivity contribution in [2.45, 2.75) is 13.5 Å². The van der Waals surface area contributed by atoms with Crippen molar-refractivity contribution in [3.05, 3.63) is 108 Å². The van der Waals surface area contributed by atoms with Crippen LogP contribution in [0.1, 0.15) is 33.2 Å². The lowest BCUT2D eigenvalue weighted by atomic mass is 10.1. The van der Waals surface area contributed by atoms with Crippen LogP contribution in [0, 0.1) is 0 Å². The highest BCUT2D eigenvalue weighted by atomic mass is 32.1. The van der Waals surface area contributed by atoms with E-state index >= 15 is 0 Å². The fraction of sp³-hybridized carbons (Fsp3) is 0.111. The summed E-state index contributed by atoms with van der Waals surface area (Å²) in [4.78, 5) is 31.0. The highest BCUT2D eigenvalue weighted by molar-refractivity contribution is 7.80. The van der Waals surface area contributed by atoms with E-state index in [1.807, 2.05) is 48.5 Å². The van der Waals surface area contributed by atoms with E-state index in [9.17, 15) is 9.59 Å². The number of amides is 1. The van der Waals surface area contributed by atoms with Crippen LogP contribution in [-0.4, -0.2) is 28.6 Å². The van der Waals surface area contributed by atoms with Crippen molar-refractivity contribution >= 4 is 45.7 Å². The minimum absolute atomic E-state index is 0.242. The van der Waals surface area contributed by atoms with Crippen LogP contribution in [-0.2, 0) is 11.3 Å². The number of fused-ring (bicyclic) bond motifs is 1. The van der Waals surface area contributed by atoms with Crippen LogP contribution in [0.3, 0.4) is 0 Å². The molecule has 0 bridgehead atoms. The number of carbonyl (C=O) groups is 2. The molecule has 0 atom stereocenters. The number of nitrogens with one attached hydrogen (secondary N) is 1. The van der Waals surface area contributed by atoms with Gasteiger partial charge in [-0.2, -0.15) is 0 Å². The highest BCUT2D eigenvalue weighted by Crippen LogP contribution is 2.20. The van der Waals surface area contributed by atoms with Crippen molar-refractivity contribution < 1.29 is 14.3 Å². The molecule has 6 nitrogen and oxygen atoms in total. The number of hydrogen-bond donors (Lipinski definition) is 1. The molecule has 0 spiro atoms. The maximum Gasteiger partial charge on any atom is 0.338 e. The predicted octanol–water partition coefficient (Wildman–Crippen LogP) is 5.13. The fourth-order valence-corrected chi connectivity index (χ4v) is 3.78. The first-order valence-corrected chi connectivity index (χ1v) is 11.2. The average molecular weight is 470 g/mol. The van der Waals surface area contributed by atoms with E-state index in [2.05, 4.69) is 10.3 Å². The Labute approximate surface area is 203 Å². The van der Waals surface area contributed by atoms with Crippen LogP contribution in [0.2, 0.25) is 0 Å². The Balaban J connectivity index is 1.58. The number of nitrogens with zero attached hydrogens (tertiary/aromatic N) is 2. The molecule has 0 aliphatic carbocycles. The van der Waals surface area contributed by atoms with Gasteiger partial charge in [0.1, 0.15) is 0 Å². The van der Waals surface area contributed by atoms with Crippen LogP contribution in [0.15, 0.2) is 91.3 Å². The average Bonchev–Trinajstić information content (AvgIpc) is 2.87. The van der Waals surface area contributed by atoms with E-state index < -0.39 is 0 Å². The number of esters is 1. The van der Waals surface area contributed by atoms with Gasteiger partial charge in [0.15, 0.2) is 5.11 Å². The molecular formula is C27H23N3O3S. The first kappa shape index (κ1) is 23.1. The topological polar surface area (TPSA) is 71.5 Å². The molecule has 0 saturated carbocycles. The van der Waals surface area contributed by atoms with Crippen molar-refractivity contribution in [3.63, 3.8) is 0 Å². The molecule has 0 aliphatic rings. The Morgan fingerprint density at radius 2 is 1.68 bits per heavy atom. The quantitative estimate of drug-likeness (QED) is 0.312.